The van der Waals surface area contributed by atoms with Gasteiger partial charge in [-0.1, -0.05) is 30.3 Å². The Hall–Kier alpha value is -2.36. The Bertz CT molecular complexity index is 631. The van der Waals surface area contributed by atoms with Gasteiger partial charge in [-0.3, -0.25) is 4.79 Å². The molecule has 0 saturated carbocycles. The lowest BCUT2D eigenvalue weighted by Crippen LogP contribution is -2.13. The maximum atomic E-state index is 11.2. The minimum absolute atomic E-state index is 0.0281. The van der Waals surface area contributed by atoms with Crippen molar-refractivity contribution < 1.29 is 19.4 Å². The van der Waals surface area contributed by atoms with Gasteiger partial charge in [0.05, 0.1) is 7.11 Å². The van der Waals surface area contributed by atoms with E-state index in [2.05, 4.69) is 0 Å². The molecule has 0 bridgehead atoms. The number of Topliss-reactive ketones (excluding diaryl/α,β-unsaturated/α-hetero) is 1. The Morgan fingerprint density at radius 3 is 2.58 bits per heavy atom. The molecule has 2 aromatic rings. The van der Waals surface area contributed by atoms with Gasteiger partial charge in [0.15, 0.2) is 0 Å². The van der Waals surface area contributed by atoms with Crippen molar-refractivity contribution in [2.75, 3.05) is 7.11 Å². The van der Waals surface area contributed by atoms with Gasteiger partial charge in [-0.2, -0.15) is 0 Å². The molecule has 0 unspecified atom stereocenters. The van der Waals surface area contributed by atoms with E-state index in [1.54, 1.807) is 7.11 Å². The molecule has 1 N–H and O–H groups in total. The number of carbonyl (C=O) groups excluding carboxylic acids is 1. The van der Waals surface area contributed by atoms with Gasteiger partial charge in [-0.15, -0.1) is 0 Å². The van der Waals surface area contributed by atoms with E-state index in [-0.39, 0.29) is 6.42 Å². The number of ether oxygens (including phenoxy) is 1. The SMILES string of the molecule is COc1ccc2ccccc2c1CCC(=O)C(=O)O. The highest BCUT2D eigenvalue weighted by Crippen LogP contribution is 2.29. The lowest BCUT2D eigenvalue weighted by Gasteiger charge is -2.11. The summed E-state index contributed by atoms with van der Waals surface area (Å²) in [5.41, 5.74) is 0.871. The normalized spacial score (nSPS) is 10.4. The standard InChI is InChI=1S/C15H14O4/c1-19-14-9-6-10-4-2-3-5-11(10)12(14)7-8-13(16)15(17)18/h2-6,9H,7-8H2,1H3,(H,17,18). The van der Waals surface area contributed by atoms with Crippen LogP contribution in [0.1, 0.15) is 12.0 Å². The van der Waals surface area contributed by atoms with Gasteiger partial charge in [-0.05, 0) is 23.3 Å². The molecular formula is C15H14O4. The Labute approximate surface area is 110 Å². The topological polar surface area (TPSA) is 63.6 Å². The number of ketones is 1. The van der Waals surface area contributed by atoms with E-state index in [9.17, 15) is 9.59 Å². The highest BCUT2D eigenvalue weighted by Gasteiger charge is 2.14. The Morgan fingerprint density at radius 2 is 1.89 bits per heavy atom. The van der Waals surface area contributed by atoms with E-state index in [1.165, 1.54) is 0 Å². The minimum atomic E-state index is -1.39. The van der Waals surface area contributed by atoms with E-state index >= 15 is 0 Å². The van der Waals surface area contributed by atoms with Crippen LogP contribution in [0.3, 0.4) is 0 Å². The summed E-state index contributed by atoms with van der Waals surface area (Å²) >= 11 is 0. The molecule has 0 fully saturated rings. The fraction of sp³-hybridized carbons (Fsp3) is 0.200. The van der Waals surface area contributed by atoms with Crippen molar-refractivity contribution in [2.45, 2.75) is 12.8 Å². The first-order valence-corrected chi connectivity index (χ1v) is 5.94. The molecule has 0 aromatic heterocycles. The van der Waals surface area contributed by atoms with E-state index in [4.69, 9.17) is 9.84 Å². The second kappa shape index (κ2) is 5.52. The predicted molar refractivity (Wildman–Crippen MR) is 71.5 cm³/mol. The van der Waals surface area contributed by atoms with Gasteiger partial charge in [0.1, 0.15) is 5.75 Å². The molecule has 0 saturated heterocycles. The number of hydrogen-bond acceptors (Lipinski definition) is 3. The monoisotopic (exact) mass is 258 g/mol. The van der Waals surface area contributed by atoms with Crippen molar-refractivity contribution in [3.8, 4) is 5.75 Å². The molecule has 0 heterocycles. The van der Waals surface area contributed by atoms with Crippen molar-refractivity contribution in [1.29, 1.82) is 0 Å². The lowest BCUT2D eigenvalue weighted by atomic mass is 9.99. The third-order valence-corrected chi connectivity index (χ3v) is 3.06. The summed E-state index contributed by atoms with van der Waals surface area (Å²) in [6.07, 6.45) is 0.329. The number of aryl methyl sites for hydroxylation is 1. The number of fused-ring (bicyclic) bond motifs is 1. The van der Waals surface area contributed by atoms with E-state index < -0.39 is 11.8 Å². The van der Waals surface area contributed by atoms with Crippen molar-refractivity contribution in [3.63, 3.8) is 0 Å². The molecule has 0 spiro atoms. The second-order valence-corrected chi connectivity index (χ2v) is 4.20. The highest BCUT2D eigenvalue weighted by atomic mass is 16.5. The van der Waals surface area contributed by atoms with E-state index in [1.807, 2.05) is 36.4 Å². The first kappa shape index (κ1) is 13.1. The van der Waals surface area contributed by atoms with Crippen LogP contribution in [0.2, 0.25) is 0 Å². The van der Waals surface area contributed by atoms with Crippen LogP contribution in [0, 0.1) is 0 Å². The summed E-state index contributed by atoms with van der Waals surface area (Å²) in [6.45, 7) is 0. The van der Waals surface area contributed by atoms with Gasteiger partial charge >= 0.3 is 5.97 Å². The molecule has 2 rings (SSSR count). The first-order valence-electron chi connectivity index (χ1n) is 5.94. The third-order valence-electron chi connectivity index (χ3n) is 3.06. The molecule has 0 aliphatic rings. The number of carboxylic acids is 1. The van der Waals surface area contributed by atoms with Crippen LogP contribution in [0.5, 0.6) is 5.75 Å². The average Bonchev–Trinajstić information content (AvgIpc) is 2.43. The summed E-state index contributed by atoms with van der Waals surface area (Å²) in [5, 5.41) is 10.6. The van der Waals surface area contributed by atoms with Crippen LogP contribution >= 0.6 is 0 Å². The smallest absolute Gasteiger partial charge is 0.372 e. The summed E-state index contributed by atoms with van der Waals surface area (Å²) in [5.74, 6) is -1.49. The molecule has 0 amide bonds. The third kappa shape index (κ3) is 2.73. The molecule has 98 valence electrons. The van der Waals surface area contributed by atoms with Crippen LogP contribution in [0.15, 0.2) is 36.4 Å². The zero-order valence-corrected chi connectivity index (χ0v) is 10.6. The number of carboxylic acid groups (broad SMARTS) is 1. The van der Waals surface area contributed by atoms with Crippen LogP contribution in [-0.2, 0) is 16.0 Å². The van der Waals surface area contributed by atoms with E-state index in [0.29, 0.717) is 12.2 Å². The fourth-order valence-electron chi connectivity index (χ4n) is 2.11. The Morgan fingerprint density at radius 1 is 1.16 bits per heavy atom. The van der Waals surface area contributed by atoms with Crippen molar-refractivity contribution >= 4 is 22.5 Å². The highest BCUT2D eigenvalue weighted by molar-refractivity contribution is 6.32. The van der Waals surface area contributed by atoms with Crippen molar-refractivity contribution in [2.24, 2.45) is 0 Å². The van der Waals surface area contributed by atoms with Crippen LogP contribution < -0.4 is 4.74 Å². The lowest BCUT2D eigenvalue weighted by molar-refractivity contribution is -0.149. The molecule has 2 aromatic carbocycles. The summed E-state index contributed by atoms with van der Waals surface area (Å²) in [7, 11) is 1.56. The second-order valence-electron chi connectivity index (χ2n) is 4.20. The largest absolute Gasteiger partial charge is 0.496 e. The van der Waals surface area contributed by atoms with Crippen LogP contribution in [-0.4, -0.2) is 24.0 Å². The zero-order valence-electron chi connectivity index (χ0n) is 10.6. The molecule has 0 radical (unpaired) electrons. The van der Waals surface area contributed by atoms with Gasteiger partial charge in [0.2, 0.25) is 5.78 Å². The molecule has 19 heavy (non-hydrogen) atoms. The quantitative estimate of drug-likeness (QED) is 0.836. The summed E-state index contributed by atoms with van der Waals surface area (Å²) in [6, 6.07) is 11.5. The van der Waals surface area contributed by atoms with Gasteiger partial charge in [0, 0.05) is 12.0 Å². The maximum Gasteiger partial charge on any atom is 0.372 e. The van der Waals surface area contributed by atoms with Gasteiger partial charge in [0.25, 0.3) is 0 Å². The number of benzene rings is 2. The number of carbonyl (C=O) groups is 2. The summed E-state index contributed by atoms with van der Waals surface area (Å²) < 4.78 is 5.29. The predicted octanol–water partition coefficient (Wildman–Crippen LogP) is 2.43. The molecule has 0 atom stereocenters. The maximum absolute atomic E-state index is 11.2. The molecule has 4 heteroatoms. The first-order chi connectivity index (χ1) is 9.13. The van der Waals surface area contributed by atoms with Gasteiger partial charge in [-0.25, -0.2) is 4.79 Å². The zero-order chi connectivity index (χ0) is 13.8. The average molecular weight is 258 g/mol. The molecule has 0 aliphatic heterocycles. The number of methoxy groups -OCH3 is 1. The molecular weight excluding hydrogens is 244 g/mol. The summed E-state index contributed by atoms with van der Waals surface area (Å²) in [4.78, 5) is 21.8. The van der Waals surface area contributed by atoms with Crippen LogP contribution in [0.25, 0.3) is 10.8 Å². The Kier molecular flexibility index (Phi) is 3.80. The fourth-order valence-corrected chi connectivity index (χ4v) is 2.11. The molecule has 0 aliphatic carbocycles. The van der Waals surface area contributed by atoms with E-state index in [0.717, 1.165) is 16.3 Å². The Balaban J connectivity index is 2.39. The van der Waals surface area contributed by atoms with Crippen molar-refractivity contribution in [1.82, 2.24) is 0 Å². The van der Waals surface area contributed by atoms with Crippen molar-refractivity contribution in [3.05, 3.63) is 42.0 Å². The minimum Gasteiger partial charge on any atom is -0.496 e. The number of hydrogen-bond donors (Lipinski definition) is 1. The van der Waals surface area contributed by atoms with Gasteiger partial charge < -0.3 is 9.84 Å². The van der Waals surface area contributed by atoms with Crippen LogP contribution in [0.4, 0.5) is 0 Å². The number of aliphatic carboxylic acids is 1. The number of rotatable bonds is 5. The molecule has 4 nitrogen and oxygen atoms in total.